The minimum atomic E-state index is 0.0682. The Kier molecular flexibility index (Phi) is 4.76. The number of rotatable bonds is 7. The first-order valence-corrected chi connectivity index (χ1v) is 6.79. The van der Waals surface area contributed by atoms with Gasteiger partial charge < -0.3 is 10.4 Å². The fourth-order valence-corrected chi connectivity index (χ4v) is 2.42. The van der Waals surface area contributed by atoms with Gasteiger partial charge in [0.25, 0.3) is 0 Å². The van der Waals surface area contributed by atoms with Gasteiger partial charge in [0, 0.05) is 13.2 Å². The van der Waals surface area contributed by atoms with E-state index in [0.29, 0.717) is 0 Å². The summed E-state index contributed by atoms with van der Waals surface area (Å²) in [6.45, 7) is 1.02. The maximum atomic E-state index is 11.9. The minimum Gasteiger partial charge on any atom is -0.396 e. The number of hydrogen-bond donors (Lipinski definition) is 2. The number of benzene rings is 1. The van der Waals surface area contributed by atoms with Crippen LogP contribution in [0.4, 0.5) is 0 Å². The monoisotopic (exact) mass is 247 g/mol. The summed E-state index contributed by atoms with van der Waals surface area (Å²) in [5.41, 5.74) is 2.50. The normalized spacial score (nSPS) is 16.8. The van der Waals surface area contributed by atoms with E-state index in [4.69, 9.17) is 5.11 Å². The molecule has 1 amide bonds. The number of aliphatic hydroxyl groups is 1. The van der Waals surface area contributed by atoms with E-state index >= 15 is 0 Å². The number of carbonyl (C=O) groups excluding carboxylic acids is 1. The van der Waals surface area contributed by atoms with E-state index in [-0.39, 0.29) is 18.4 Å². The van der Waals surface area contributed by atoms with E-state index in [1.54, 1.807) is 0 Å². The highest BCUT2D eigenvalue weighted by Gasteiger charge is 2.31. The Bertz CT molecular complexity index is 403. The molecule has 1 aromatic rings. The van der Waals surface area contributed by atoms with Crippen molar-refractivity contribution in [1.29, 1.82) is 0 Å². The molecule has 3 nitrogen and oxygen atoms in total. The second-order valence-corrected chi connectivity index (χ2v) is 4.88. The molecule has 18 heavy (non-hydrogen) atoms. The molecule has 0 saturated heterocycles. The lowest BCUT2D eigenvalue weighted by molar-refractivity contribution is -0.123. The van der Waals surface area contributed by atoms with Crippen LogP contribution in [0.5, 0.6) is 0 Å². The Morgan fingerprint density at radius 1 is 1.22 bits per heavy atom. The number of amides is 1. The first-order valence-electron chi connectivity index (χ1n) is 6.79. The summed E-state index contributed by atoms with van der Waals surface area (Å²) >= 11 is 0. The average molecular weight is 247 g/mol. The van der Waals surface area contributed by atoms with Gasteiger partial charge in [0.15, 0.2) is 0 Å². The van der Waals surface area contributed by atoms with Gasteiger partial charge in [-0.25, -0.2) is 0 Å². The lowest BCUT2D eigenvalue weighted by atomic mass is 9.77. The summed E-state index contributed by atoms with van der Waals surface area (Å²) < 4.78 is 0. The predicted molar refractivity (Wildman–Crippen MR) is 71.5 cm³/mol. The molecule has 0 bridgehead atoms. The number of carbonyl (C=O) groups is 1. The largest absolute Gasteiger partial charge is 0.396 e. The molecule has 2 rings (SSSR count). The zero-order valence-electron chi connectivity index (χ0n) is 10.7. The highest BCUT2D eigenvalue weighted by Crippen LogP contribution is 2.34. The first kappa shape index (κ1) is 13.1. The van der Waals surface area contributed by atoms with Crippen LogP contribution in [0.25, 0.3) is 0 Å². The van der Waals surface area contributed by atoms with Gasteiger partial charge in [-0.3, -0.25) is 4.79 Å². The van der Waals surface area contributed by atoms with Gasteiger partial charge in [-0.15, -0.1) is 0 Å². The highest BCUT2D eigenvalue weighted by atomic mass is 16.2. The van der Waals surface area contributed by atoms with E-state index in [0.717, 1.165) is 38.6 Å². The number of nitrogens with one attached hydrogen (secondary N) is 1. The zero-order valence-corrected chi connectivity index (χ0v) is 10.7. The average Bonchev–Trinajstić information content (AvgIpc) is 2.35. The molecule has 0 aromatic heterocycles. The third-order valence-electron chi connectivity index (χ3n) is 3.56. The molecule has 1 atom stereocenters. The van der Waals surface area contributed by atoms with Crippen molar-refractivity contribution in [3.8, 4) is 0 Å². The highest BCUT2D eigenvalue weighted by molar-refractivity contribution is 5.86. The van der Waals surface area contributed by atoms with Gasteiger partial charge in [-0.1, -0.05) is 37.1 Å². The summed E-state index contributed by atoms with van der Waals surface area (Å²) in [6.07, 6.45) is 4.86. The second kappa shape index (κ2) is 6.55. The van der Waals surface area contributed by atoms with E-state index < -0.39 is 0 Å². The van der Waals surface area contributed by atoms with Gasteiger partial charge in [0.2, 0.25) is 5.91 Å². The Labute approximate surface area is 108 Å². The van der Waals surface area contributed by atoms with Crippen LogP contribution < -0.4 is 5.32 Å². The molecule has 1 aliphatic rings. The number of hydrogen-bond acceptors (Lipinski definition) is 2. The van der Waals surface area contributed by atoms with Crippen molar-refractivity contribution < 1.29 is 9.90 Å². The predicted octanol–water partition coefficient (Wildman–Crippen LogP) is 2.00. The van der Waals surface area contributed by atoms with Crippen LogP contribution in [0.2, 0.25) is 0 Å². The van der Waals surface area contributed by atoms with E-state index in [1.807, 2.05) is 18.2 Å². The SMILES string of the molecule is O=C(NCCCCCCO)C1Cc2ccccc21. The number of fused-ring (bicyclic) bond motifs is 1. The number of unbranched alkanes of at least 4 members (excludes halogenated alkanes) is 3. The Hall–Kier alpha value is -1.35. The molecule has 1 aromatic carbocycles. The van der Waals surface area contributed by atoms with Crippen LogP contribution in [-0.4, -0.2) is 24.2 Å². The van der Waals surface area contributed by atoms with Gasteiger partial charge in [0.1, 0.15) is 0 Å². The molecular weight excluding hydrogens is 226 g/mol. The molecule has 0 saturated carbocycles. The van der Waals surface area contributed by atoms with Crippen LogP contribution >= 0.6 is 0 Å². The second-order valence-electron chi connectivity index (χ2n) is 4.88. The Balaban J connectivity index is 1.65. The fraction of sp³-hybridized carbons (Fsp3) is 0.533. The molecule has 2 N–H and O–H groups in total. The molecule has 0 fully saturated rings. The molecule has 0 spiro atoms. The summed E-state index contributed by atoms with van der Waals surface area (Å²) in [6, 6.07) is 8.15. The van der Waals surface area contributed by atoms with Crippen LogP contribution in [-0.2, 0) is 11.2 Å². The number of aliphatic hydroxyl groups excluding tert-OH is 1. The third-order valence-corrected chi connectivity index (χ3v) is 3.56. The molecule has 1 unspecified atom stereocenters. The van der Waals surface area contributed by atoms with E-state index in [1.165, 1.54) is 11.1 Å². The summed E-state index contributed by atoms with van der Waals surface area (Å²) in [5, 5.41) is 11.6. The molecular formula is C15H21NO2. The van der Waals surface area contributed by atoms with Gasteiger partial charge in [-0.05, 0) is 30.4 Å². The quantitative estimate of drug-likeness (QED) is 0.724. The third kappa shape index (κ3) is 3.10. The van der Waals surface area contributed by atoms with Crippen LogP contribution in [0.1, 0.15) is 42.7 Å². The fourth-order valence-electron chi connectivity index (χ4n) is 2.42. The molecule has 3 heteroatoms. The van der Waals surface area contributed by atoms with Gasteiger partial charge in [0.05, 0.1) is 5.92 Å². The van der Waals surface area contributed by atoms with Crippen molar-refractivity contribution in [3.05, 3.63) is 35.4 Å². The molecule has 0 heterocycles. The van der Waals surface area contributed by atoms with Gasteiger partial charge >= 0.3 is 0 Å². The lowest BCUT2D eigenvalue weighted by Crippen LogP contribution is -2.35. The summed E-state index contributed by atoms with van der Waals surface area (Å²) in [4.78, 5) is 11.9. The molecule has 0 radical (unpaired) electrons. The smallest absolute Gasteiger partial charge is 0.227 e. The summed E-state index contributed by atoms with van der Waals surface area (Å²) in [5.74, 6) is 0.231. The molecule has 0 aliphatic heterocycles. The molecule has 1 aliphatic carbocycles. The summed E-state index contributed by atoms with van der Waals surface area (Å²) in [7, 11) is 0. The van der Waals surface area contributed by atoms with Crippen molar-refractivity contribution in [2.24, 2.45) is 0 Å². The van der Waals surface area contributed by atoms with E-state index in [9.17, 15) is 4.79 Å². The van der Waals surface area contributed by atoms with Crippen LogP contribution in [0.3, 0.4) is 0 Å². The van der Waals surface area contributed by atoms with Crippen molar-refractivity contribution in [2.75, 3.05) is 13.2 Å². The van der Waals surface area contributed by atoms with Crippen molar-refractivity contribution in [2.45, 2.75) is 38.0 Å². The van der Waals surface area contributed by atoms with Crippen molar-refractivity contribution in [1.82, 2.24) is 5.32 Å². The maximum Gasteiger partial charge on any atom is 0.227 e. The topological polar surface area (TPSA) is 49.3 Å². The minimum absolute atomic E-state index is 0.0682. The van der Waals surface area contributed by atoms with Crippen LogP contribution in [0, 0.1) is 0 Å². The first-order chi connectivity index (χ1) is 8.83. The standard InChI is InChI=1S/C15H21NO2/c17-10-6-2-1-5-9-16-15(18)14-11-12-7-3-4-8-13(12)14/h3-4,7-8,14,17H,1-2,5-6,9-11H2,(H,16,18). The van der Waals surface area contributed by atoms with Crippen LogP contribution in [0.15, 0.2) is 24.3 Å². The van der Waals surface area contributed by atoms with Crippen molar-refractivity contribution in [3.63, 3.8) is 0 Å². The zero-order chi connectivity index (χ0) is 12.8. The maximum absolute atomic E-state index is 11.9. The molecule has 98 valence electrons. The van der Waals surface area contributed by atoms with Crippen molar-refractivity contribution >= 4 is 5.91 Å². The Morgan fingerprint density at radius 2 is 2.00 bits per heavy atom. The Morgan fingerprint density at radius 3 is 2.78 bits per heavy atom. The lowest BCUT2D eigenvalue weighted by Gasteiger charge is -2.28. The van der Waals surface area contributed by atoms with E-state index in [2.05, 4.69) is 11.4 Å². The van der Waals surface area contributed by atoms with Gasteiger partial charge in [-0.2, -0.15) is 0 Å².